The SMILES string of the molecule is C/C=C/CNNC(=O)c1ccc(CNC(=O)c2ccccc2)cc1. The summed E-state index contributed by atoms with van der Waals surface area (Å²) >= 11 is 0. The first-order valence-electron chi connectivity index (χ1n) is 7.77. The lowest BCUT2D eigenvalue weighted by molar-refractivity contribution is 0.0931. The van der Waals surface area contributed by atoms with Crippen LogP contribution >= 0.6 is 0 Å². The number of carbonyl (C=O) groups is 2. The van der Waals surface area contributed by atoms with Crippen molar-refractivity contribution in [1.82, 2.24) is 16.2 Å². The molecule has 24 heavy (non-hydrogen) atoms. The van der Waals surface area contributed by atoms with Crippen LogP contribution in [0.15, 0.2) is 66.7 Å². The van der Waals surface area contributed by atoms with Gasteiger partial charge in [-0.1, -0.05) is 42.5 Å². The maximum atomic E-state index is 12.0. The second-order valence-corrected chi connectivity index (χ2v) is 5.15. The average Bonchev–Trinajstić information content (AvgIpc) is 2.64. The molecule has 0 radical (unpaired) electrons. The van der Waals surface area contributed by atoms with Crippen molar-refractivity contribution in [2.45, 2.75) is 13.5 Å². The Morgan fingerprint density at radius 1 is 0.917 bits per heavy atom. The number of amides is 2. The Kier molecular flexibility index (Phi) is 6.73. The van der Waals surface area contributed by atoms with E-state index in [0.717, 1.165) is 5.56 Å². The smallest absolute Gasteiger partial charge is 0.265 e. The van der Waals surface area contributed by atoms with Gasteiger partial charge in [-0.05, 0) is 36.8 Å². The first kappa shape index (κ1) is 17.4. The standard InChI is InChI=1S/C19H21N3O2/c1-2-3-13-21-22-19(24)17-11-9-15(10-12-17)14-20-18(23)16-7-5-4-6-8-16/h2-12,21H,13-14H2,1H3,(H,20,23)(H,22,24)/b3-2+. The number of hydrogen-bond donors (Lipinski definition) is 3. The van der Waals surface area contributed by atoms with Gasteiger partial charge in [0.2, 0.25) is 0 Å². The Morgan fingerprint density at radius 3 is 2.25 bits per heavy atom. The van der Waals surface area contributed by atoms with Crippen molar-refractivity contribution in [3.63, 3.8) is 0 Å². The molecule has 5 nitrogen and oxygen atoms in total. The maximum absolute atomic E-state index is 12.0. The zero-order chi connectivity index (χ0) is 17.2. The van der Waals surface area contributed by atoms with Gasteiger partial charge in [0.05, 0.1) is 0 Å². The second kappa shape index (κ2) is 9.27. The van der Waals surface area contributed by atoms with E-state index in [2.05, 4.69) is 16.2 Å². The lowest BCUT2D eigenvalue weighted by Gasteiger charge is -2.08. The van der Waals surface area contributed by atoms with Gasteiger partial charge in [0, 0.05) is 24.2 Å². The third kappa shape index (κ3) is 5.37. The average molecular weight is 323 g/mol. The van der Waals surface area contributed by atoms with Crippen LogP contribution in [0.4, 0.5) is 0 Å². The molecule has 0 aliphatic carbocycles. The first-order chi connectivity index (χ1) is 11.7. The molecular weight excluding hydrogens is 302 g/mol. The van der Waals surface area contributed by atoms with Crippen molar-refractivity contribution in [2.75, 3.05) is 6.54 Å². The third-order valence-corrected chi connectivity index (χ3v) is 3.36. The third-order valence-electron chi connectivity index (χ3n) is 3.36. The highest BCUT2D eigenvalue weighted by Gasteiger charge is 2.06. The predicted molar refractivity (Wildman–Crippen MR) is 94.3 cm³/mol. The van der Waals surface area contributed by atoms with E-state index in [9.17, 15) is 9.59 Å². The molecule has 5 heteroatoms. The molecule has 3 N–H and O–H groups in total. The molecule has 2 amide bonds. The normalized spacial score (nSPS) is 10.5. The Labute approximate surface area is 141 Å². The van der Waals surface area contributed by atoms with Crippen molar-refractivity contribution in [2.24, 2.45) is 0 Å². The highest BCUT2D eigenvalue weighted by molar-refractivity contribution is 5.94. The summed E-state index contributed by atoms with van der Waals surface area (Å²) in [6, 6.07) is 16.2. The molecule has 0 aromatic heterocycles. The number of allylic oxidation sites excluding steroid dienone is 1. The van der Waals surface area contributed by atoms with Crippen molar-refractivity contribution < 1.29 is 9.59 Å². The quantitative estimate of drug-likeness (QED) is 0.416. The molecule has 2 aromatic carbocycles. The molecule has 0 spiro atoms. The van der Waals surface area contributed by atoms with Gasteiger partial charge in [-0.2, -0.15) is 0 Å². The zero-order valence-electron chi connectivity index (χ0n) is 13.6. The van der Waals surface area contributed by atoms with E-state index in [-0.39, 0.29) is 11.8 Å². The lowest BCUT2D eigenvalue weighted by Crippen LogP contribution is -2.37. The van der Waals surface area contributed by atoms with Crippen LogP contribution < -0.4 is 16.2 Å². The second-order valence-electron chi connectivity index (χ2n) is 5.15. The topological polar surface area (TPSA) is 70.2 Å². The Balaban J connectivity index is 1.83. The van der Waals surface area contributed by atoms with Crippen LogP contribution in [0.1, 0.15) is 33.2 Å². The molecule has 0 bridgehead atoms. The van der Waals surface area contributed by atoms with Gasteiger partial charge in [-0.3, -0.25) is 15.0 Å². The molecule has 0 aliphatic heterocycles. The van der Waals surface area contributed by atoms with E-state index < -0.39 is 0 Å². The van der Waals surface area contributed by atoms with Crippen LogP contribution in [0.2, 0.25) is 0 Å². The van der Waals surface area contributed by atoms with Gasteiger partial charge in [0.15, 0.2) is 0 Å². The summed E-state index contributed by atoms with van der Waals surface area (Å²) < 4.78 is 0. The zero-order valence-corrected chi connectivity index (χ0v) is 13.6. The van der Waals surface area contributed by atoms with Gasteiger partial charge in [-0.15, -0.1) is 0 Å². The molecule has 0 unspecified atom stereocenters. The molecule has 0 aliphatic rings. The van der Waals surface area contributed by atoms with Crippen LogP contribution in [-0.2, 0) is 6.54 Å². The van der Waals surface area contributed by atoms with E-state index in [1.807, 2.05) is 49.4 Å². The molecule has 0 saturated heterocycles. The van der Waals surface area contributed by atoms with Crippen LogP contribution in [0.3, 0.4) is 0 Å². The summed E-state index contributed by atoms with van der Waals surface area (Å²) in [7, 11) is 0. The van der Waals surface area contributed by atoms with E-state index >= 15 is 0 Å². The molecule has 0 saturated carbocycles. The Morgan fingerprint density at radius 2 is 1.58 bits per heavy atom. The van der Waals surface area contributed by atoms with Crippen molar-refractivity contribution in [3.8, 4) is 0 Å². The molecular formula is C19H21N3O2. The number of rotatable bonds is 7. The fourth-order valence-electron chi connectivity index (χ4n) is 2.03. The largest absolute Gasteiger partial charge is 0.348 e. The Bertz CT molecular complexity index is 694. The highest BCUT2D eigenvalue weighted by Crippen LogP contribution is 2.05. The van der Waals surface area contributed by atoms with Gasteiger partial charge in [-0.25, -0.2) is 5.43 Å². The fourth-order valence-corrected chi connectivity index (χ4v) is 2.03. The summed E-state index contributed by atoms with van der Waals surface area (Å²) in [5.74, 6) is -0.315. The van der Waals surface area contributed by atoms with Crippen LogP contribution in [0.5, 0.6) is 0 Å². The minimum absolute atomic E-state index is 0.120. The van der Waals surface area contributed by atoms with Crippen molar-refractivity contribution in [3.05, 3.63) is 83.4 Å². The van der Waals surface area contributed by atoms with E-state index in [0.29, 0.717) is 24.2 Å². The number of nitrogens with one attached hydrogen (secondary N) is 3. The molecule has 2 rings (SSSR count). The summed E-state index contributed by atoms with van der Waals surface area (Å²) in [5.41, 5.74) is 7.54. The minimum Gasteiger partial charge on any atom is -0.348 e. The van der Waals surface area contributed by atoms with E-state index in [1.165, 1.54) is 0 Å². The maximum Gasteiger partial charge on any atom is 0.265 e. The number of benzene rings is 2. The van der Waals surface area contributed by atoms with Crippen LogP contribution in [0.25, 0.3) is 0 Å². The molecule has 2 aromatic rings. The number of carbonyl (C=O) groups excluding carboxylic acids is 2. The lowest BCUT2D eigenvalue weighted by atomic mass is 10.1. The Hall–Kier alpha value is -2.92. The summed E-state index contributed by atoms with van der Waals surface area (Å²) in [6.07, 6.45) is 3.80. The van der Waals surface area contributed by atoms with Gasteiger partial charge in [0.1, 0.15) is 0 Å². The summed E-state index contributed by atoms with van der Waals surface area (Å²) in [5, 5.41) is 2.85. The van der Waals surface area contributed by atoms with Crippen molar-refractivity contribution in [1.29, 1.82) is 0 Å². The van der Waals surface area contributed by atoms with Gasteiger partial charge >= 0.3 is 0 Å². The van der Waals surface area contributed by atoms with Gasteiger partial charge < -0.3 is 5.32 Å². The van der Waals surface area contributed by atoms with E-state index in [1.54, 1.807) is 24.3 Å². The molecule has 0 fully saturated rings. The first-order valence-corrected chi connectivity index (χ1v) is 7.77. The van der Waals surface area contributed by atoms with Gasteiger partial charge in [0.25, 0.3) is 11.8 Å². The van der Waals surface area contributed by atoms with Crippen molar-refractivity contribution >= 4 is 11.8 Å². The predicted octanol–water partition coefficient (Wildman–Crippen LogP) is 2.43. The number of hydrazine groups is 1. The molecule has 0 heterocycles. The highest BCUT2D eigenvalue weighted by atomic mass is 16.2. The summed E-state index contributed by atoms with van der Waals surface area (Å²) in [4.78, 5) is 23.9. The van der Waals surface area contributed by atoms with Crippen LogP contribution in [-0.4, -0.2) is 18.4 Å². The van der Waals surface area contributed by atoms with E-state index in [4.69, 9.17) is 0 Å². The van der Waals surface area contributed by atoms with Crippen LogP contribution in [0, 0.1) is 0 Å². The fraction of sp³-hybridized carbons (Fsp3) is 0.158. The summed E-state index contributed by atoms with van der Waals surface area (Å²) in [6.45, 7) is 2.90. The molecule has 124 valence electrons. The minimum atomic E-state index is -0.195. The monoisotopic (exact) mass is 323 g/mol. The molecule has 0 atom stereocenters. The number of hydrogen-bond acceptors (Lipinski definition) is 3.